The standard InChI is InChI=1S/C22H24FN3O3/c1-16-5-3-4-6-20(16)29-14-13-25(2)22(28)19-11-12-21(27)26(24-19)15-17-7-9-18(23)10-8-17/h3-10H,11-15H2,1-2H3. The topological polar surface area (TPSA) is 62.2 Å². The minimum absolute atomic E-state index is 0.156. The number of nitrogens with zero attached hydrogens (tertiary/aromatic N) is 3. The Bertz CT molecular complexity index is 912. The predicted molar refractivity (Wildman–Crippen MR) is 108 cm³/mol. The summed E-state index contributed by atoms with van der Waals surface area (Å²) in [6.45, 7) is 2.93. The van der Waals surface area contributed by atoms with Gasteiger partial charge >= 0.3 is 0 Å². The van der Waals surface area contributed by atoms with Crippen molar-refractivity contribution < 1.29 is 18.7 Å². The van der Waals surface area contributed by atoms with Gasteiger partial charge in [-0.1, -0.05) is 30.3 Å². The van der Waals surface area contributed by atoms with E-state index in [1.807, 2.05) is 31.2 Å². The predicted octanol–water partition coefficient (Wildman–Crippen LogP) is 3.15. The van der Waals surface area contributed by atoms with Gasteiger partial charge in [0.05, 0.1) is 13.1 Å². The molecule has 0 unspecified atom stereocenters. The van der Waals surface area contributed by atoms with Crippen molar-refractivity contribution >= 4 is 17.5 Å². The summed E-state index contributed by atoms with van der Waals surface area (Å²) >= 11 is 0. The number of carbonyl (C=O) groups is 2. The third kappa shape index (κ3) is 5.40. The molecule has 2 aromatic rings. The van der Waals surface area contributed by atoms with Crippen LogP contribution in [0.3, 0.4) is 0 Å². The quantitative estimate of drug-likeness (QED) is 0.721. The van der Waals surface area contributed by atoms with Crippen molar-refractivity contribution in [3.05, 3.63) is 65.5 Å². The van der Waals surface area contributed by atoms with Gasteiger partial charge in [-0.3, -0.25) is 9.59 Å². The Labute approximate surface area is 169 Å². The number of para-hydroxylation sites is 1. The molecule has 6 nitrogen and oxygen atoms in total. The van der Waals surface area contributed by atoms with Gasteiger partial charge in [-0.25, -0.2) is 9.40 Å². The van der Waals surface area contributed by atoms with E-state index in [4.69, 9.17) is 4.74 Å². The molecule has 2 amide bonds. The van der Waals surface area contributed by atoms with E-state index in [0.29, 0.717) is 25.3 Å². The van der Waals surface area contributed by atoms with E-state index < -0.39 is 0 Å². The average Bonchev–Trinajstić information content (AvgIpc) is 2.72. The molecule has 1 aliphatic heterocycles. The molecular formula is C22H24FN3O3. The second-order valence-corrected chi connectivity index (χ2v) is 6.97. The first-order valence-corrected chi connectivity index (χ1v) is 9.50. The van der Waals surface area contributed by atoms with Crippen molar-refractivity contribution in [1.82, 2.24) is 9.91 Å². The zero-order chi connectivity index (χ0) is 20.8. The Kier molecular flexibility index (Phi) is 6.59. The highest BCUT2D eigenvalue weighted by Crippen LogP contribution is 2.17. The van der Waals surface area contributed by atoms with Crippen molar-refractivity contribution in [1.29, 1.82) is 0 Å². The molecule has 29 heavy (non-hydrogen) atoms. The van der Waals surface area contributed by atoms with Crippen LogP contribution in [0.4, 0.5) is 4.39 Å². The van der Waals surface area contributed by atoms with E-state index in [1.165, 1.54) is 17.1 Å². The normalized spacial score (nSPS) is 13.8. The fourth-order valence-electron chi connectivity index (χ4n) is 2.97. The number of benzene rings is 2. The van der Waals surface area contributed by atoms with Gasteiger partial charge < -0.3 is 9.64 Å². The van der Waals surface area contributed by atoms with Gasteiger partial charge in [-0.2, -0.15) is 5.10 Å². The summed E-state index contributed by atoms with van der Waals surface area (Å²) in [5.74, 6) is 0.0680. The lowest BCUT2D eigenvalue weighted by atomic mass is 10.1. The van der Waals surface area contributed by atoms with Crippen LogP contribution in [0.5, 0.6) is 5.75 Å². The Balaban J connectivity index is 1.58. The highest BCUT2D eigenvalue weighted by molar-refractivity contribution is 6.39. The largest absolute Gasteiger partial charge is 0.491 e. The van der Waals surface area contributed by atoms with Crippen LogP contribution >= 0.6 is 0 Å². The number of rotatable bonds is 7. The summed E-state index contributed by atoms with van der Waals surface area (Å²) in [5, 5.41) is 5.54. The monoisotopic (exact) mass is 397 g/mol. The highest BCUT2D eigenvalue weighted by Gasteiger charge is 2.26. The first kappa shape index (κ1) is 20.5. The van der Waals surface area contributed by atoms with Crippen molar-refractivity contribution in [2.24, 2.45) is 5.10 Å². The van der Waals surface area contributed by atoms with Crippen LogP contribution in [-0.4, -0.2) is 47.6 Å². The maximum atomic E-state index is 13.1. The molecule has 0 bridgehead atoms. The number of ether oxygens (including phenoxy) is 1. The molecule has 0 aromatic heterocycles. The van der Waals surface area contributed by atoms with Gasteiger partial charge in [0.2, 0.25) is 5.91 Å². The van der Waals surface area contributed by atoms with Crippen LogP contribution in [0.1, 0.15) is 24.0 Å². The molecule has 0 saturated carbocycles. The Morgan fingerprint density at radius 3 is 2.62 bits per heavy atom. The fraction of sp³-hybridized carbons (Fsp3) is 0.318. The molecule has 0 spiro atoms. The number of hydrogen-bond acceptors (Lipinski definition) is 4. The van der Waals surface area contributed by atoms with E-state index in [9.17, 15) is 14.0 Å². The number of halogens is 1. The molecule has 2 aromatic carbocycles. The van der Waals surface area contributed by atoms with Gasteiger partial charge in [0.1, 0.15) is 23.9 Å². The maximum Gasteiger partial charge on any atom is 0.269 e. The van der Waals surface area contributed by atoms with Crippen molar-refractivity contribution in [2.75, 3.05) is 20.2 Å². The molecule has 1 heterocycles. The van der Waals surface area contributed by atoms with E-state index in [1.54, 1.807) is 24.1 Å². The Morgan fingerprint density at radius 1 is 1.17 bits per heavy atom. The van der Waals surface area contributed by atoms with Crippen LogP contribution in [0.15, 0.2) is 53.6 Å². The van der Waals surface area contributed by atoms with Crippen LogP contribution in [0.25, 0.3) is 0 Å². The first-order valence-electron chi connectivity index (χ1n) is 9.50. The Morgan fingerprint density at radius 2 is 1.90 bits per heavy atom. The van der Waals surface area contributed by atoms with E-state index >= 15 is 0 Å². The number of hydrogen-bond donors (Lipinski definition) is 0. The van der Waals surface area contributed by atoms with Gasteiger partial charge in [0.15, 0.2) is 0 Å². The number of amides is 2. The van der Waals surface area contributed by atoms with Crippen LogP contribution in [-0.2, 0) is 16.1 Å². The molecule has 0 fully saturated rings. The summed E-state index contributed by atoms with van der Waals surface area (Å²) in [6.07, 6.45) is 0.528. The number of aryl methyl sites for hydroxylation is 1. The van der Waals surface area contributed by atoms with Crippen LogP contribution < -0.4 is 4.74 Å². The summed E-state index contributed by atoms with van der Waals surface area (Å²) in [5.41, 5.74) is 2.12. The second kappa shape index (κ2) is 9.32. The molecule has 0 saturated heterocycles. The van der Waals surface area contributed by atoms with E-state index in [-0.39, 0.29) is 30.6 Å². The van der Waals surface area contributed by atoms with Gasteiger partial charge in [0, 0.05) is 19.9 Å². The molecule has 7 heteroatoms. The lowest BCUT2D eigenvalue weighted by molar-refractivity contribution is -0.132. The average molecular weight is 397 g/mol. The molecule has 0 aliphatic carbocycles. The maximum absolute atomic E-state index is 13.1. The van der Waals surface area contributed by atoms with Gasteiger partial charge in [0.25, 0.3) is 5.91 Å². The van der Waals surface area contributed by atoms with E-state index in [0.717, 1.165) is 16.9 Å². The van der Waals surface area contributed by atoms with E-state index in [2.05, 4.69) is 5.10 Å². The summed E-state index contributed by atoms with van der Waals surface area (Å²) in [6, 6.07) is 13.6. The first-order chi connectivity index (χ1) is 13.9. The fourth-order valence-corrected chi connectivity index (χ4v) is 2.97. The lowest BCUT2D eigenvalue weighted by Crippen LogP contribution is -2.41. The zero-order valence-electron chi connectivity index (χ0n) is 16.6. The third-order valence-electron chi connectivity index (χ3n) is 4.72. The van der Waals surface area contributed by atoms with Gasteiger partial charge in [-0.05, 0) is 36.2 Å². The lowest BCUT2D eigenvalue weighted by Gasteiger charge is -2.25. The smallest absolute Gasteiger partial charge is 0.269 e. The Hall–Kier alpha value is -3.22. The third-order valence-corrected chi connectivity index (χ3v) is 4.72. The summed E-state index contributed by atoms with van der Waals surface area (Å²) < 4.78 is 18.8. The van der Waals surface area contributed by atoms with Crippen molar-refractivity contribution in [3.63, 3.8) is 0 Å². The molecule has 1 aliphatic rings. The number of hydrazone groups is 1. The number of carbonyl (C=O) groups excluding carboxylic acids is 2. The molecule has 152 valence electrons. The SMILES string of the molecule is Cc1ccccc1OCCN(C)C(=O)C1=NN(Cc2ccc(F)cc2)C(=O)CC1. The van der Waals surface area contributed by atoms with Crippen molar-refractivity contribution in [3.8, 4) is 5.75 Å². The van der Waals surface area contributed by atoms with Crippen LogP contribution in [0.2, 0.25) is 0 Å². The molecule has 0 N–H and O–H groups in total. The van der Waals surface area contributed by atoms with Crippen LogP contribution in [0, 0.1) is 12.7 Å². The molecular weight excluding hydrogens is 373 g/mol. The summed E-state index contributed by atoms with van der Waals surface area (Å²) in [4.78, 5) is 26.4. The minimum Gasteiger partial charge on any atom is -0.491 e. The van der Waals surface area contributed by atoms with Crippen molar-refractivity contribution in [2.45, 2.75) is 26.3 Å². The zero-order valence-corrected chi connectivity index (χ0v) is 16.6. The number of likely N-dealkylation sites (N-methyl/N-ethyl adjacent to an activating group) is 1. The molecule has 3 rings (SSSR count). The molecule has 0 radical (unpaired) electrons. The van der Waals surface area contributed by atoms with Gasteiger partial charge in [-0.15, -0.1) is 0 Å². The molecule has 0 atom stereocenters. The highest BCUT2D eigenvalue weighted by atomic mass is 19.1. The summed E-state index contributed by atoms with van der Waals surface area (Å²) in [7, 11) is 1.69. The second-order valence-electron chi connectivity index (χ2n) is 6.97. The minimum atomic E-state index is -0.340.